The molecule has 4 aromatic rings. The molecule has 0 spiro atoms. The fraction of sp³-hybridized carbons (Fsp3) is 0.345. The number of hydrogen-bond donors (Lipinski definition) is 1. The Morgan fingerprint density at radius 1 is 1.09 bits per heavy atom. The minimum absolute atomic E-state index is 0.111. The van der Waals surface area contributed by atoms with Crippen molar-refractivity contribution in [2.24, 2.45) is 0 Å². The molecule has 0 unspecified atom stereocenters. The van der Waals surface area contributed by atoms with Gasteiger partial charge in [0.05, 0.1) is 0 Å². The lowest BCUT2D eigenvalue weighted by Gasteiger charge is -2.32. The smallest absolute Gasteiger partial charge is 0.253 e. The van der Waals surface area contributed by atoms with E-state index in [1.165, 1.54) is 16.0 Å². The number of benzene rings is 2. The van der Waals surface area contributed by atoms with Crippen LogP contribution >= 0.6 is 11.3 Å². The molecule has 1 N–H and O–H groups in total. The van der Waals surface area contributed by atoms with Crippen molar-refractivity contribution in [3.05, 3.63) is 87.2 Å². The van der Waals surface area contributed by atoms with E-state index in [0.717, 1.165) is 66.9 Å². The van der Waals surface area contributed by atoms with Crippen molar-refractivity contribution in [2.75, 3.05) is 20.1 Å². The topological polar surface area (TPSA) is 48.6 Å². The van der Waals surface area contributed by atoms with Crippen LogP contribution in [0.15, 0.2) is 60.0 Å². The van der Waals surface area contributed by atoms with Crippen LogP contribution in [0.25, 0.3) is 10.9 Å². The number of aromatic amines is 1. The summed E-state index contributed by atoms with van der Waals surface area (Å²) in [6, 6.07) is 18.7. The Morgan fingerprint density at radius 2 is 1.91 bits per heavy atom. The molecule has 0 radical (unpaired) electrons. The maximum Gasteiger partial charge on any atom is 0.253 e. The molecular formula is C29H33N3O2S. The second kappa shape index (κ2) is 10.3. The molecule has 182 valence electrons. The van der Waals surface area contributed by atoms with E-state index in [4.69, 9.17) is 4.74 Å². The van der Waals surface area contributed by atoms with Crippen LogP contribution in [0.4, 0.5) is 0 Å². The minimum Gasteiger partial charge on any atom is -0.490 e. The number of rotatable bonds is 7. The van der Waals surface area contributed by atoms with E-state index in [9.17, 15) is 4.79 Å². The van der Waals surface area contributed by atoms with Crippen LogP contribution in [0.2, 0.25) is 0 Å². The van der Waals surface area contributed by atoms with Gasteiger partial charge in [0.2, 0.25) is 0 Å². The van der Waals surface area contributed by atoms with Crippen LogP contribution in [0.1, 0.15) is 44.9 Å². The average molecular weight is 488 g/mol. The molecule has 0 aliphatic carbocycles. The molecule has 1 amide bonds. The molecule has 1 saturated heterocycles. The summed E-state index contributed by atoms with van der Waals surface area (Å²) in [4.78, 5) is 22.2. The van der Waals surface area contributed by atoms with Gasteiger partial charge in [-0.3, -0.25) is 9.69 Å². The standard InChI is InChI=1S/C29H33N3O2S/c1-20-21(2)30-28-10-9-23(17-27(20)28)29(33)32-13-11-24(12-14-32)34-25-7-4-6-22(16-25)18-31(3)19-26-8-5-15-35-26/h4-10,15-17,24,30H,11-14,18-19H2,1-3H3. The number of carbonyl (C=O) groups is 1. The number of H-pyrrole nitrogens is 1. The molecule has 1 fully saturated rings. The third-order valence-electron chi connectivity index (χ3n) is 6.94. The van der Waals surface area contributed by atoms with Gasteiger partial charge in [-0.1, -0.05) is 18.2 Å². The number of carbonyl (C=O) groups excluding carboxylic acids is 1. The monoisotopic (exact) mass is 487 g/mol. The van der Waals surface area contributed by atoms with Gasteiger partial charge in [0, 0.05) is 66.1 Å². The minimum atomic E-state index is 0.111. The van der Waals surface area contributed by atoms with Crippen LogP contribution in [0.3, 0.4) is 0 Å². The lowest BCUT2D eigenvalue weighted by Crippen LogP contribution is -2.41. The fourth-order valence-electron chi connectivity index (χ4n) is 4.90. The summed E-state index contributed by atoms with van der Waals surface area (Å²) in [5, 5.41) is 3.26. The predicted molar refractivity (Wildman–Crippen MR) is 143 cm³/mol. The molecule has 0 atom stereocenters. The summed E-state index contributed by atoms with van der Waals surface area (Å²) in [5.41, 5.74) is 5.46. The molecule has 5 nitrogen and oxygen atoms in total. The molecule has 5 rings (SSSR count). The second-order valence-corrected chi connectivity index (χ2v) is 10.7. The Morgan fingerprint density at radius 3 is 2.69 bits per heavy atom. The molecule has 6 heteroatoms. The number of fused-ring (bicyclic) bond motifs is 1. The quantitative estimate of drug-likeness (QED) is 0.340. The lowest BCUT2D eigenvalue weighted by atomic mass is 10.0. The van der Waals surface area contributed by atoms with E-state index in [1.807, 2.05) is 29.2 Å². The highest BCUT2D eigenvalue weighted by atomic mass is 32.1. The van der Waals surface area contributed by atoms with Crippen LogP contribution in [-0.4, -0.2) is 46.9 Å². The Bertz CT molecular complexity index is 1300. The number of thiophene rings is 1. The zero-order chi connectivity index (χ0) is 24.4. The van der Waals surface area contributed by atoms with Crippen molar-refractivity contribution in [2.45, 2.75) is 45.9 Å². The van der Waals surface area contributed by atoms with Gasteiger partial charge in [0.25, 0.3) is 5.91 Å². The van der Waals surface area contributed by atoms with Gasteiger partial charge < -0.3 is 14.6 Å². The molecule has 1 aliphatic heterocycles. The fourth-order valence-corrected chi connectivity index (χ4v) is 5.68. The summed E-state index contributed by atoms with van der Waals surface area (Å²) in [6.07, 6.45) is 1.83. The zero-order valence-electron chi connectivity index (χ0n) is 20.7. The largest absolute Gasteiger partial charge is 0.490 e. The maximum absolute atomic E-state index is 13.2. The van der Waals surface area contributed by atoms with Crippen LogP contribution in [-0.2, 0) is 13.1 Å². The van der Waals surface area contributed by atoms with Crippen molar-refractivity contribution in [3.63, 3.8) is 0 Å². The molecule has 2 aromatic heterocycles. The first-order valence-corrected chi connectivity index (χ1v) is 13.2. The molecular weight excluding hydrogens is 454 g/mol. The van der Waals surface area contributed by atoms with Crippen LogP contribution in [0, 0.1) is 13.8 Å². The third kappa shape index (κ3) is 5.44. The highest BCUT2D eigenvalue weighted by Gasteiger charge is 2.25. The van der Waals surface area contributed by atoms with E-state index < -0.39 is 0 Å². The first kappa shape index (κ1) is 23.6. The SMILES string of the molecule is Cc1[nH]c2ccc(C(=O)N3CCC(Oc4cccc(CN(C)Cc5cccs5)c4)CC3)cc2c1C. The summed E-state index contributed by atoms with van der Waals surface area (Å²) >= 11 is 1.80. The molecule has 0 saturated carbocycles. The second-order valence-electron chi connectivity index (χ2n) is 9.64. The van der Waals surface area contributed by atoms with Gasteiger partial charge in [0.15, 0.2) is 0 Å². The number of aryl methyl sites for hydroxylation is 2. The van der Waals surface area contributed by atoms with Crippen molar-refractivity contribution < 1.29 is 9.53 Å². The number of nitrogens with one attached hydrogen (secondary N) is 1. The van der Waals surface area contributed by atoms with Gasteiger partial charge in [0.1, 0.15) is 11.9 Å². The van der Waals surface area contributed by atoms with Gasteiger partial charge in [-0.25, -0.2) is 0 Å². The van der Waals surface area contributed by atoms with Crippen molar-refractivity contribution >= 4 is 28.1 Å². The van der Waals surface area contributed by atoms with Crippen molar-refractivity contribution in [3.8, 4) is 5.75 Å². The molecule has 2 aromatic carbocycles. The summed E-state index contributed by atoms with van der Waals surface area (Å²) < 4.78 is 6.33. The Balaban J connectivity index is 1.15. The number of likely N-dealkylation sites (tertiary alicyclic amines) is 1. The van der Waals surface area contributed by atoms with Crippen LogP contribution in [0.5, 0.6) is 5.75 Å². The lowest BCUT2D eigenvalue weighted by molar-refractivity contribution is 0.0595. The highest BCUT2D eigenvalue weighted by Crippen LogP contribution is 2.25. The van der Waals surface area contributed by atoms with Crippen LogP contribution < -0.4 is 4.74 Å². The van der Waals surface area contributed by atoms with Crippen molar-refractivity contribution in [1.82, 2.24) is 14.8 Å². The number of amides is 1. The third-order valence-corrected chi connectivity index (χ3v) is 7.81. The van der Waals surface area contributed by atoms with Gasteiger partial charge in [-0.2, -0.15) is 0 Å². The number of aromatic nitrogens is 1. The van der Waals surface area contributed by atoms with E-state index in [-0.39, 0.29) is 12.0 Å². The van der Waals surface area contributed by atoms with Gasteiger partial charge in [-0.15, -0.1) is 11.3 Å². The zero-order valence-corrected chi connectivity index (χ0v) is 21.5. The van der Waals surface area contributed by atoms with Gasteiger partial charge in [-0.05, 0) is 73.8 Å². The Kier molecular flexibility index (Phi) is 6.93. The molecule has 3 heterocycles. The Labute approximate surface area is 211 Å². The normalized spacial score (nSPS) is 14.7. The number of nitrogens with zero attached hydrogens (tertiary/aromatic N) is 2. The highest BCUT2D eigenvalue weighted by molar-refractivity contribution is 7.09. The molecule has 0 bridgehead atoms. The van der Waals surface area contributed by atoms with Gasteiger partial charge >= 0.3 is 0 Å². The van der Waals surface area contributed by atoms with E-state index in [0.29, 0.717) is 0 Å². The molecule has 1 aliphatic rings. The summed E-state index contributed by atoms with van der Waals surface area (Å²) in [6.45, 7) is 7.44. The van der Waals surface area contributed by atoms with E-state index in [2.05, 4.69) is 66.5 Å². The average Bonchev–Trinajstić information content (AvgIpc) is 3.46. The summed E-state index contributed by atoms with van der Waals surface area (Å²) in [5.74, 6) is 1.03. The Hall–Kier alpha value is -3.09. The number of hydrogen-bond acceptors (Lipinski definition) is 4. The molecule has 35 heavy (non-hydrogen) atoms. The maximum atomic E-state index is 13.2. The number of ether oxygens (including phenoxy) is 1. The van der Waals surface area contributed by atoms with E-state index >= 15 is 0 Å². The summed E-state index contributed by atoms with van der Waals surface area (Å²) in [7, 11) is 2.15. The van der Waals surface area contributed by atoms with E-state index in [1.54, 1.807) is 11.3 Å². The predicted octanol–water partition coefficient (Wildman–Crippen LogP) is 6.16. The first-order valence-electron chi connectivity index (χ1n) is 12.3. The first-order chi connectivity index (χ1) is 17.0. The number of piperidine rings is 1. The van der Waals surface area contributed by atoms with Crippen molar-refractivity contribution in [1.29, 1.82) is 0 Å².